The number of esters is 1. The minimum absolute atomic E-state index is 0.329. The van der Waals surface area contributed by atoms with E-state index >= 15 is 0 Å². The first kappa shape index (κ1) is 12.3. The predicted octanol–water partition coefficient (Wildman–Crippen LogP) is 2.93. The molecule has 0 aliphatic heterocycles. The molecule has 0 saturated carbocycles. The molecule has 2 aromatic heterocycles. The Hall–Kier alpha value is -2.69. The van der Waals surface area contributed by atoms with Gasteiger partial charge in [0, 0.05) is 5.56 Å². The average molecular weight is 270 g/mol. The van der Waals surface area contributed by atoms with Crippen molar-refractivity contribution < 1.29 is 13.9 Å². The van der Waals surface area contributed by atoms with E-state index in [2.05, 4.69) is 5.10 Å². The van der Waals surface area contributed by atoms with Crippen molar-refractivity contribution in [1.29, 1.82) is 0 Å². The van der Waals surface area contributed by atoms with Crippen molar-refractivity contribution in [3.8, 4) is 11.3 Å². The molecule has 100 valence electrons. The lowest BCUT2D eigenvalue weighted by atomic mass is 10.1. The fraction of sp³-hybridized carbons (Fsp3) is 0.0667. The summed E-state index contributed by atoms with van der Waals surface area (Å²) in [6, 6.07) is 13.2. The van der Waals surface area contributed by atoms with Gasteiger partial charge in [-0.1, -0.05) is 12.1 Å². The van der Waals surface area contributed by atoms with E-state index in [4.69, 9.17) is 4.74 Å². The molecule has 0 saturated heterocycles. The predicted molar refractivity (Wildman–Crippen MR) is 71.9 cm³/mol. The second-order valence-corrected chi connectivity index (χ2v) is 4.28. The smallest absolute Gasteiger partial charge is 0.356 e. The van der Waals surface area contributed by atoms with Crippen LogP contribution in [0.25, 0.3) is 16.8 Å². The van der Waals surface area contributed by atoms with Crippen LogP contribution in [0.15, 0.2) is 48.5 Å². The summed E-state index contributed by atoms with van der Waals surface area (Å²) < 4.78 is 19.5. The van der Waals surface area contributed by atoms with Crippen molar-refractivity contribution in [2.45, 2.75) is 0 Å². The molecule has 2 heterocycles. The van der Waals surface area contributed by atoms with Crippen molar-refractivity contribution >= 4 is 11.5 Å². The van der Waals surface area contributed by atoms with Crippen molar-refractivity contribution in [1.82, 2.24) is 9.61 Å². The fourth-order valence-corrected chi connectivity index (χ4v) is 2.05. The van der Waals surface area contributed by atoms with Gasteiger partial charge < -0.3 is 4.74 Å². The van der Waals surface area contributed by atoms with Gasteiger partial charge in [-0.15, -0.1) is 0 Å². The molecule has 0 radical (unpaired) electrons. The molecule has 0 amide bonds. The van der Waals surface area contributed by atoms with E-state index in [1.807, 2.05) is 6.07 Å². The maximum atomic E-state index is 13.3. The van der Waals surface area contributed by atoms with E-state index in [0.29, 0.717) is 17.0 Å². The molecule has 0 aliphatic rings. The van der Waals surface area contributed by atoms with Crippen LogP contribution in [0.2, 0.25) is 0 Å². The van der Waals surface area contributed by atoms with Crippen LogP contribution >= 0.6 is 0 Å². The van der Waals surface area contributed by atoms with Crippen LogP contribution in [-0.2, 0) is 4.74 Å². The normalized spacial score (nSPS) is 10.7. The molecule has 4 nitrogen and oxygen atoms in total. The number of carbonyl (C=O) groups is 1. The molecule has 0 N–H and O–H groups in total. The van der Waals surface area contributed by atoms with Gasteiger partial charge in [-0.25, -0.2) is 13.7 Å². The first-order valence-electron chi connectivity index (χ1n) is 6.02. The molecule has 0 aliphatic carbocycles. The summed E-state index contributed by atoms with van der Waals surface area (Å²) >= 11 is 0. The van der Waals surface area contributed by atoms with Crippen LogP contribution in [0, 0.1) is 5.82 Å². The van der Waals surface area contributed by atoms with E-state index in [1.165, 1.54) is 23.8 Å². The van der Waals surface area contributed by atoms with Gasteiger partial charge in [-0.2, -0.15) is 5.10 Å². The Morgan fingerprint density at radius 3 is 2.75 bits per heavy atom. The Labute approximate surface area is 114 Å². The Balaban J connectivity index is 2.16. The molecule has 20 heavy (non-hydrogen) atoms. The topological polar surface area (TPSA) is 43.6 Å². The highest BCUT2D eigenvalue weighted by Crippen LogP contribution is 2.19. The summed E-state index contributed by atoms with van der Waals surface area (Å²) in [5.74, 6) is -0.793. The quantitative estimate of drug-likeness (QED) is 0.672. The molecular weight excluding hydrogens is 259 g/mol. The number of carbonyl (C=O) groups excluding carboxylic acids is 1. The van der Waals surface area contributed by atoms with Crippen molar-refractivity contribution in [3.63, 3.8) is 0 Å². The Morgan fingerprint density at radius 2 is 2.00 bits per heavy atom. The van der Waals surface area contributed by atoms with Crippen LogP contribution in [0.1, 0.15) is 10.5 Å². The molecule has 1 aromatic carbocycles. The van der Waals surface area contributed by atoms with E-state index in [9.17, 15) is 9.18 Å². The number of ether oxygens (including phenoxy) is 1. The van der Waals surface area contributed by atoms with Crippen molar-refractivity contribution in [2.24, 2.45) is 0 Å². The fourth-order valence-electron chi connectivity index (χ4n) is 2.05. The lowest BCUT2D eigenvalue weighted by molar-refractivity contribution is 0.0591. The second-order valence-electron chi connectivity index (χ2n) is 4.28. The van der Waals surface area contributed by atoms with E-state index in [0.717, 1.165) is 5.52 Å². The summed E-state index contributed by atoms with van der Waals surface area (Å²) in [6.45, 7) is 0. The minimum Gasteiger partial charge on any atom is -0.464 e. The van der Waals surface area contributed by atoms with E-state index in [1.54, 1.807) is 30.3 Å². The lowest BCUT2D eigenvalue weighted by Crippen LogP contribution is -2.07. The second kappa shape index (κ2) is 4.77. The van der Waals surface area contributed by atoms with Crippen LogP contribution < -0.4 is 0 Å². The van der Waals surface area contributed by atoms with Crippen molar-refractivity contribution in [3.05, 3.63) is 60.0 Å². The van der Waals surface area contributed by atoms with Crippen LogP contribution in [0.4, 0.5) is 4.39 Å². The van der Waals surface area contributed by atoms with Crippen molar-refractivity contribution in [2.75, 3.05) is 7.11 Å². The standard InChI is InChI=1S/C15H11FN2O2/c1-20-15(19)14-8-6-12-5-7-13(17-18(12)14)10-3-2-4-11(16)9-10/h2-9H,1H3. The molecular formula is C15H11FN2O2. The van der Waals surface area contributed by atoms with E-state index < -0.39 is 5.97 Å². The monoisotopic (exact) mass is 270 g/mol. The summed E-state index contributed by atoms with van der Waals surface area (Å²) in [4.78, 5) is 11.6. The van der Waals surface area contributed by atoms with Gasteiger partial charge >= 0.3 is 5.97 Å². The zero-order valence-electron chi connectivity index (χ0n) is 10.7. The van der Waals surface area contributed by atoms with Crippen LogP contribution in [0.5, 0.6) is 0 Å². The third-order valence-electron chi connectivity index (χ3n) is 3.02. The van der Waals surface area contributed by atoms with Gasteiger partial charge in [0.2, 0.25) is 0 Å². The third kappa shape index (κ3) is 2.03. The van der Waals surface area contributed by atoms with Gasteiger partial charge in [0.25, 0.3) is 0 Å². The molecule has 3 rings (SSSR count). The number of aromatic nitrogens is 2. The zero-order valence-corrected chi connectivity index (χ0v) is 10.7. The van der Waals surface area contributed by atoms with Gasteiger partial charge in [-0.05, 0) is 36.4 Å². The Kier molecular flexibility index (Phi) is 2.95. The Bertz CT molecular complexity index is 795. The summed E-state index contributed by atoms with van der Waals surface area (Å²) in [6.07, 6.45) is 0. The highest BCUT2D eigenvalue weighted by atomic mass is 19.1. The number of nitrogens with zero attached hydrogens (tertiary/aromatic N) is 2. The number of benzene rings is 1. The SMILES string of the molecule is COC(=O)c1ccc2ccc(-c3cccc(F)c3)nn12. The summed E-state index contributed by atoms with van der Waals surface area (Å²) in [7, 11) is 1.32. The van der Waals surface area contributed by atoms with Gasteiger partial charge in [0.05, 0.1) is 18.3 Å². The van der Waals surface area contributed by atoms with Gasteiger partial charge in [0.1, 0.15) is 5.82 Å². The van der Waals surface area contributed by atoms with Crippen LogP contribution in [0.3, 0.4) is 0 Å². The molecule has 0 bridgehead atoms. The number of methoxy groups -OCH3 is 1. The number of hydrogen-bond donors (Lipinski definition) is 0. The van der Waals surface area contributed by atoms with E-state index in [-0.39, 0.29) is 5.82 Å². The van der Waals surface area contributed by atoms with Gasteiger partial charge in [-0.3, -0.25) is 0 Å². The maximum Gasteiger partial charge on any atom is 0.356 e. The van der Waals surface area contributed by atoms with Crippen LogP contribution in [-0.4, -0.2) is 22.7 Å². The first-order valence-corrected chi connectivity index (χ1v) is 6.02. The minimum atomic E-state index is -0.464. The molecule has 0 atom stereocenters. The number of fused-ring (bicyclic) bond motifs is 1. The highest BCUT2D eigenvalue weighted by molar-refractivity contribution is 5.89. The molecule has 0 unspecified atom stereocenters. The Morgan fingerprint density at radius 1 is 1.20 bits per heavy atom. The van der Waals surface area contributed by atoms with Gasteiger partial charge in [0.15, 0.2) is 5.69 Å². The average Bonchev–Trinajstić information content (AvgIpc) is 2.89. The molecule has 0 spiro atoms. The lowest BCUT2D eigenvalue weighted by Gasteiger charge is -2.04. The largest absolute Gasteiger partial charge is 0.464 e. The summed E-state index contributed by atoms with van der Waals surface area (Å²) in [5.41, 5.74) is 2.33. The third-order valence-corrected chi connectivity index (χ3v) is 3.02. The maximum absolute atomic E-state index is 13.3. The number of rotatable bonds is 2. The molecule has 5 heteroatoms. The molecule has 3 aromatic rings. The highest BCUT2D eigenvalue weighted by Gasteiger charge is 2.12. The summed E-state index contributed by atoms with van der Waals surface area (Å²) in [5, 5.41) is 4.36. The number of halogens is 1. The zero-order chi connectivity index (χ0) is 14.1. The molecule has 0 fully saturated rings. The number of hydrogen-bond acceptors (Lipinski definition) is 3. The first-order chi connectivity index (χ1) is 9.69.